The Morgan fingerprint density at radius 1 is 1.39 bits per heavy atom. The van der Waals surface area contributed by atoms with Crippen LogP contribution in [0.4, 0.5) is 5.69 Å². The van der Waals surface area contributed by atoms with Crippen LogP contribution in [-0.2, 0) is 0 Å². The SMILES string of the molecule is Cc1cc(C(=O)O)ccc1N1CCC(C)CC1C. The van der Waals surface area contributed by atoms with Crippen LogP contribution in [0.5, 0.6) is 0 Å². The van der Waals surface area contributed by atoms with Crippen molar-refractivity contribution < 1.29 is 9.90 Å². The molecule has 1 aromatic rings. The van der Waals surface area contributed by atoms with Crippen LogP contribution in [0.3, 0.4) is 0 Å². The first-order valence-corrected chi connectivity index (χ1v) is 6.59. The van der Waals surface area contributed by atoms with E-state index in [4.69, 9.17) is 5.11 Å². The number of hydrogen-bond acceptors (Lipinski definition) is 2. The number of nitrogens with zero attached hydrogens (tertiary/aromatic N) is 1. The molecule has 1 saturated heterocycles. The Labute approximate surface area is 108 Å². The molecule has 18 heavy (non-hydrogen) atoms. The lowest BCUT2D eigenvalue weighted by Gasteiger charge is -2.39. The first kappa shape index (κ1) is 12.9. The summed E-state index contributed by atoms with van der Waals surface area (Å²) in [4.78, 5) is 13.3. The Kier molecular flexibility index (Phi) is 3.60. The van der Waals surface area contributed by atoms with Crippen LogP contribution in [-0.4, -0.2) is 23.7 Å². The molecule has 0 saturated carbocycles. The van der Waals surface area contributed by atoms with Gasteiger partial charge in [-0.25, -0.2) is 4.79 Å². The van der Waals surface area contributed by atoms with Crippen molar-refractivity contribution in [1.29, 1.82) is 0 Å². The van der Waals surface area contributed by atoms with Gasteiger partial charge in [0.1, 0.15) is 0 Å². The predicted octanol–water partition coefficient (Wildman–Crippen LogP) is 3.32. The number of piperidine rings is 1. The minimum Gasteiger partial charge on any atom is -0.478 e. The average molecular weight is 247 g/mol. The zero-order chi connectivity index (χ0) is 13.3. The highest BCUT2D eigenvalue weighted by atomic mass is 16.4. The zero-order valence-electron chi connectivity index (χ0n) is 11.3. The maximum atomic E-state index is 10.9. The van der Waals surface area contributed by atoms with Crippen LogP contribution in [0.1, 0.15) is 42.6 Å². The summed E-state index contributed by atoms with van der Waals surface area (Å²) in [6.45, 7) is 7.61. The van der Waals surface area contributed by atoms with Gasteiger partial charge in [-0.3, -0.25) is 0 Å². The fraction of sp³-hybridized carbons (Fsp3) is 0.533. The molecular weight excluding hydrogens is 226 g/mol. The maximum absolute atomic E-state index is 10.9. The van der Waals surface area contributed by atoms with Crippen molar-refractivity contribution in [3.05, 3.63) is 29.3 Å². The molecule has 0 spiro atoms. The topological polar surface area (TPSA) is 40.5 Å². The predicted molar refractivity (Wildman–Crippen MR) is 73.3 cm³/mol. The second-order valence-electron chi connectivity index (χ2n) is 5.48. The van der Waals surface area contributed by atoms with Crippen molar-refractivity contribution in [1.82, 2.24) is 0 Å². The third-order valence-corrected chi connectivity index (χ3v) is 3.89. The summed E-state index contributed by atoms with van der Waals surface area (Å²) in [5, 5.41) is 8.98. The molecule has 1 aromatic carbocycles. The van der Waals surface area contributed by atoms with Crippen LogP contribution >= 0.6 is 0 Å². The van der Waals surface area contributed by atoms with E-state index in [-0.39, 0.29) is 0 Å². The summed E-state index contributed by atoms with van der Waals surface area (Å²) >= 11 is 0. The van der Waals surface area contributed by atoms with Crippen LogP contribution < -0.4 is 4.90 Å². The molecule has 0 radical (unpaired) electrons. The summed E-state index contributed by atoms with van der Waals surface area (Å²) in [5.74, 6) is -0.0696. The Bertz CT molecular complexity index is 456. The molecular formula is C15H21NO2. The number of aromatic carboxylic acids is 1. The van der Waals surface area contributed by atoms with Crippen molar-refractivity contribution in [2.45, 2.75) is 39.7 Å². The minimum atomic E-state index is -0.857. The van der Waals surface area contributed by atoms with Gasteiger partial charge < -0.3 is 10.0 Å². The van der Waals surface area contributed by atoms with Crippen molar-refractivity contribution in [3.63, 3.8) is 0 Å². The van der Waals surface area contributed by atoms with E-state index in [1.54, 1.807) is 12.1 Å². The Balaban J connectivity index is 2.26. The summed E-state index contributed by atoms with van der Waals surface area (Å²) in [6.07, 6.45) is 2.42. The summed E-state index contributed by atoms with van der Waals surface area (Å²) in [7, 11) is 0. The molecule has 0 aromatic heterocycles. The number of carboxylic acid groups (broad SMARTS) is 1. The van der Waals surface area contributed by atoms with Gasteiger partial charge in [0.25, 0.3) is 0 Å². The van der Waals surface area contributed by atoms with E-state index < -0.39 is 5.97 Å². The van der Waals surface area contributed by atoms with E-state index in [1.165, 1.54) is 18.5 Å². The first-order valence-electron chi connectivity index (χ1n) is 6.59. The van der Waals surface area contributed by atoms with Gasteiger partial charge in [-0.1, -0.05) is 6.92 Å². The van der Waals surface area contributed by atoms with E-state index in [9.17, 15) is 4.79 Å². The van der Waals surface area contributed by atoms with Gasteiger partial charge in [-0.2, -0.15) is 0 Å². The molecule has 1 fully saturated rings. The van der Waals surface area contributed by atoms with Crippen molar-refractivity contribution in [3.8, 4) is 0 Å². The Morgan fingerprint density at radius 2 is 2.11 bits per heavy atom. The summed E-state index contributed by atoms with van der Waals surface area (Å²) in [5.41, 5.74) is 2.60. The van der Waals surface area contributed by atoms with E-state index >= 15 is 0 Å². The quantitative estimate of drug-likeness (QED) is 0.871. The fourth-order valence-corrected chi connectivity index (χ4v) is 2.88. The van der Waals surface area contributed by atoms with Crippen LogP contribution in [0.15, 0.2) is 18.2 Å². The van der Waals surface area contributed by atoms with E-state index in [0.29, 0.717) is 11.6 Å². The van der Waals surface area contributed by atoms with Gasteiger partial charge in [-0.05, 0) is 56.4 Å². The Morgan fingerprint density at radius 3 is 2.67 bits per heavy atom. The number of hydrogen-bond donors (Lipinski definition) is 1. The van der Waals surface area contributed by atoms with Crippen molar-refractivity contribution in [2.75, 3.05) is 11.4 Å². The summed E-state index contributed by atoms with van der Waals surface area (Å²) in [6, 6.07) is 5.95. The lowest BCUT2D eigenvalue weighted by atomic mass is 9.92. The second-order valence-corrected chi connectivity index (χ2v) is 5.48. The van der Waals surface area contributed by atoms with Crippen LogP contribution in [0.25, 0.3) is 0 Å². The number of anilines is 1. The molecule has 3 nitrogen and oxygen atoms in total. The molecule has 0 amide bonds. The third kappa shape index (κ3) is 2.50. The molecule has 1 N–H and O–H groups in total. The van der Waals surface area contributed by atoms with Gasteiger partial charge in [0.05, 0.1) is 5.56 Å². The molecule has 1 aliphatic heterocycles. The molecule has 2 atom stereocenters. The highest BCUT2D eigenvalue weighted by molar-refractivity contribution is 5.88. The van der Waals surface area contributed by atoms with E-state index in [2.05, 4.69) is 18.7 Å². The molecule has 98 valence electrons. The van der Waals surface area contributed by atoms with Crippen molar-refractivity contribution in [2.24, 2.45) is 5.92 Å². The molecule has 2 rings (SSSR count). The Hall–Kier alpha value is -1.51. The lowest BCUT2D eigenvalue weighted by Crippen LogP contribution is -2.40. The lowest BCUT2D eigenvalue weighted by molar-refractivity contribution is 0.0697. The fourth-order valence-electron chi connectivity index (χ4n) is 2.88. The smallest absolute Gasteiger partial charge is 0.335 e. The van der Waals surface area contributed by atoms with Crippen molar-refractivity contribution >= 4 is 11.7 Å². The average Bonchev–Trinajstić information content (AvgIpc) is 2.30. The van der Waals surface area contributed by atoms with Gasteiger partial charge >= 0.3 is 5.97 Å². The highest BCUT2D eigenvalue weighted by Crippen LogP contribution is 2.30. The van der Waals surface area contributed by atoms with E-state index in [0.717, 1.165) is 18.0 Å². The molecule has 3 heteroatoms. The minimum absolute atomic E-state index is 0.370. The molecule has 0 aliphatic carbocycles. The van der Waals surface area contributed by atoms with Gasteiger partial charge in [0.2, 0.25) is 0 Å². The molecule has 1 heterocycles. The number of carbonyl (C=O) groups is 1. The van der Waals surface area contributed by atoms with Gasteiger partial charge in [-0.15, -0.1) is 0 Å². The first-order chi connectivity index (χ1) is 8.49. The maximum Gasteiger partial charge on any atom is 0.335 e. The normalized spacial score (nSPS) is 24.1. The molecule has 0 bridgehead atoms. The van der Waals surface area contributed by atoms with Crippen LogP contribution in [0, 0.1) is 12.8 Å². The highest BCUT2D eigenvalue weighted by Gasteiger charge is 2.24. The number of aryl methyl sites for hydroxylation is 1. The number of benzene rings is 1. The summed E-state index contributed by atoms with van der Waals surface area (Å²) < 4.78 is 0. The van der Waals surface area contributed by atoms with Gasteiger partial charge in [0.15, 0.2) is 0 Å². The number of rotatable bonds is 2. The number of carboxylic acids is 1. The molecule has 1 aliphatic rings. The van der Waals surface area contributed by atoms with E-state index in [1.807, 2.05) is 13.0 Å². The standard InChI is InChI=1S/C15H21NO2/c1-10-6-7-16(12(3)8-10)14-5-4-13(15(17)18)9-11(14)2/h4-5,9-10,12H,6-8H2,1-3H3,(H,17,18). The third-order valence-electron chi connectivity index (χ3n) is 3.89. The largest absolute Gasteiger partial charge is 0.478 e. The second kappa shape index (κ2) is 5.01. The van der Waals surface area contributed by atoms with Gasteiger partial charge in [0, 0.05) is 18.3 Å². The van der Waals surface area contributed by atoms with Crippen LogP contribution in [0.2, 0.25) is 0 Å². The zero-order valence-corrected chi connectivity index (χ0v) is 11.3. The monoisotopic (exact) mass is 247 g/mol. The molecule has 2 unspecified atom stereocenters.